The molecule has 3 rings (SSSR count). The molecule has 1 aromatic carbocycles. The van der Waals surface area contributed by atoms with Crippen LogP contribution >= 0.6 is 11.8 Å². The second kappa shape index (κ2) is 7.15. The molecule has 1 spiro atoms. The maximum absolute atomic E-state index is 12.8. The van der Waals surface area contributed by atoms with E-state index in [1.165, 1.54) is 15.4 Å². The quantitative estimate of drug-likeness (QED) is 0.657. The fraction of sp³-hybridized carbons (Fsp3) is 0.556. The third-order valence-electron chi connectivity index (χ3n) is 4.95. The lowest BCUT2D eigenvalue weighted by molar-refractivity contribution is -0.133. The van der Waals surface area contributed by atoms with Gasteiger partial charge in [-0.25, -0.2) is 9.69 Å². The number of benzene rings is 1. The highest BCUT2D eigenvalue weighted by atomic mass is 32.2. The van der Waals surface area contributed by atoms with Gasteiger partial charge in [0.15, 0.2) is 0 Å². The number of hydrogen-bond acceptors (Lipinski definition) is 4. The first kappa shape index (κ1) is 17.3. The Labute approximate surface area is 147 Å². The van der Waals surface area contributed by atoms with Crippen LogP contribution in [0.1, 0.15) is 37.7 Å². The third-order valence-corrected chi connectivity index (χ3v) is 5.69. The van der Waals surface area contributed by atoms with Crippen LogP contribution in [0.25, 0.3) is 0 Å². The van der Waals surface area contributed by atoms with Crippen LogP contribution in [0.5, 0.6) is 0 Å². The van der Waals surface area contributed by atoms with Gasteiger partial charge in [-0.3, -0.25) is 9.69 Å². The molecule has 1 aliphatic heterocycles. The Morgan fingerprint density at radius 1 is 1.17 bits per heavy atom. The maximum Gasteiger partial charge on any atom is 0.326 e. The SMILES string of the molecule is CSc1ccc(CN(C)CN2C(=O)NC3(CCCCC3)C2=O)cc1. The molecule has 2 aliphatic rings. The van der Waals surface area contributed by atoms with E-state index in [4.69, 9.17) is 0 Å². The van der Waals surface area contributed by atoms with Gasteiger partial charge in [-0.1, -0.05) is 31.4 Å². The van der Waals surface area contributed by atoms with Crippen LogP contribution in [-0.4, -0.2) is 47.2 Å². The molecule has 0 unspecified atom stereocenters. The summed E-state index contributed by atoms with van der Waals surface area (Å²) in [5.41, 5.74) is 0.547. The monoisotopic (exact) mass is 347 g/mol. The average molecular weight is 347 g/mol. The van der Waals surface area contributed by atoms with Crippen LogP contribution in [0, 0.1) is 0 Å². The Balaban J connectivity index is 1.62. The lowest BCUT2D eigenvalue weighted by atomic mass is 9.82. The van der Waals surface area contributed by atoms with Crippen LogP contribution in [-0.2, 0) is 11.3 Å². The topological polar surface area (TPSA) is 52.6 Å². The van der Waals surface area contributed by atoms with Crippen molar-refractivity contribution in [3.05, 3.63) is 29.8 Å². The van der Waals surface area contributed by atoms with E-state index in [0.717, 1.165) is 32.1 Å². The van der Waals surface area contributed by atoms with Gasteiger partial charge in [-0.2, -0.15) is 0 Å². The Bertz CT molecular complexity index is 611. The van der Waals surface area contributed by atoms with Gasteiger partial charge in [0.1, 0.15) is 5.54 Å². The largest absolute Gasteiger partial charge is 0.326 e. The summed E-state index contributed by atoms with van der Waals surface area (Å²) in [6.45, 7) is 1.04. The number of amides is 3. The third kappa shape index (κ3) is 3.44. The summed E-state index contributed by atoms with van der Waals surface area (Å²) in [5, 5.41) is 2.96. The first-order valence-corrected chi connectivity index (χ1v) is 9.72. The summed E-state index contributed by atoms with van der Waals surface area (Å²) >= 11 is 1.72. The Hall–Kier alpha value is -1.53. The van der Waals surface area contributed by atoms with E-state index in [2.05, 4.69) is 35.8 Å². The van der Waals surface area contributed by atoms with Crippen molar-refractivity contribution in [1.82, 2.24) is 15.1 Å². The van der Waals surface area contributed by atoms with Gasteiger partial charge >= 0.3 is 6.03 Å². The van der Waals surface area contributed by atoms with Crippen LogP contribution < -0.4 is 5.32 Å². The number of hydrogen-bond donors (Lipinski definition) is 1. The number of thioether (sulfide) groups is 1. The number of nitrogens with one attached hydrogen (secondary N) is 1. The molecule has 1 N–H and O–H groups in total. The molecule has 1 saturated heterocycles. The molecule has 2 fully saturated rings. The van der Waals surface area contributed by atoms with E-state index >= 15 is 0 Å². The van der Waals surface area contributed by atoms with E-state index in [-0.39, 0.29) is 11.9 Å². The fourth-order valence-corrected chi connectivity index (χ4v) is 4.04. The van der Waals surface area contributed by atoms with Crippen molar-refractivity contribution in [3.63, 3.8) is 0 Å². The molecule has 1 saturated carbocycles. The van der Waals surface area contributed by atoms with Gasteiger partial charge in [0.05, 0.1) is 6.67 Å². The predicted molar refractivity (Wildman–Crippen MR) is 95.8 cm³/mol. The van der Waals surface area contributed by atoms with E-state index in [9.17, 15) is 9.59 Å². The van der Waals surface area contributed by atoms with Gasteiger partial charge in [0.2, 0.25) is 0 Å². The summed E-state index contributed by atoms with van der Waals surface area (Å²) in [7, 11) is 1.94. The van der Waals surface area contributed by atoms with E-state index in [1.807, 2.05) is 11.9 Å². The molecule has 130 valence electrons. The van der Waals surface area contributed by atoms with Crippen molar-refractivity contribution in [1.29, 1.82) is 0 Å². The molecule has 1 heterocycles. The number of carbonyl (C=O) groups excluding carboxylic acids is 2. The summed E-state index contributed by atoms with van der Waals surface area (Å²) in [6.07, 6.45) is 6.77. The molecule has 3 amide bonds. The normalized spacial score (nSPS) is 20.0. The summed E-state index contributed by atoms with van der Waals surface area (Å²) in [4.78, 5) is 29.7. The van der Waals surface area contributed by atoms with Crippen molar-refractivity contribution in [3.8, 4) is 0 Å². The molecular formula is C18H25N3O2S. The van der Waals surface area contributed by atoms with Crippen LogP contribution in [0.15, 0.2) is 29.2 Å². The number of rotatable bonds is 5. The Morgan fingerprint density at radius 2 is 1.83 bits per heavy atom. The zero-order chi connectivity index (χ0) is 17.2. The second-order valence-corrected chi connectivity index (χ2v) is 7.69. The highest BCUT2D eigenvalue weighted by Gasteiger charge is 2.51. The summed E-state index contributed by atoms with van der Waals surface area (Å²) in [5.74, 6) is -0.0446. The van der Waals surface area contributed by atoms with Crippen molar-refractivity contribution in [2.75, 3.05) is 20.0 Å². The average Bonchev–Trinajstić information content (AvgIpc) is 2.80. The minimum absolute atomic E-state index is 0.0446. The molecule has 0 bridgehead atoms. The lowest BCUT2D eigenvalue weighted by Gasteiger charge is -2.31. The second-order valence-electron chi connectivity index (χ2n) is 6.81. The fourth-order valence-electron chi connectivity index (χ4n) is 3.63. The van der Waals surface area contributed by atoms with Crippen LogP contribution in [0.3, 0.4) is 0 Å². The van der Waals surface area contributed by atoms with Gasteiger partial charge in [-0.05, 0) is 43.8 Å². The van der Waals surface area contributed by atoms with E-state index in [0.29, 0.717) is 13.2 Å². The van der Waals surface area contributed by atoms with Gasteiger partial charge in [0, 0.05) is 11.4 Å². The molecule has 0 radical (unpaired) electrons. The minimum atomic E-state index is -0.629. The van der Waals surface area contributed by atoms with E-state index < -0.39 is 5.54 Å². The minimum Gasteiger partial charge on any atom is -0.323 e. The smallest absolute Gasteiger partial charge is 0.323 e. The zero-order valence-electron chi connectivity index (χ0n) is 14.4. The van der Waals surface area contributed by atoms with Gasteiger partial charge < -0.3 is 5.32 Å². The highest BCUT2D eigenvalue weighted by molar-refractivity contribution is 7.98. The number of urea groups is 1. The molecule has 1 aromatic rings. The van der Waals surface area contributed by atoms with Crippen molar-refractivity contribution >= 4 is 23.7 Å². The molecule has 24 heavy (non-hydrogen) atoms. The van der Waals surface area contributed by atoms with Crippen LogP contribution in [0.4, 0.5) is 4.79 Å². The van der Waals surface area contributed by atoms with Crippen molar-refractivity contribution < 1.29 is 9.59 Å². The Kier molecular flexibility index (Phi) is 5.15. The number of nitrogens with zero attached hydrogens (tertiary/aromatic N) is 2. The predicted octanol–water partition coefficient (Wildman–Crippen LogP) is 3.05. The van der Waals surface area contributed by atoms with Crippen molar-refractivity contribution in [2.45, 2.75) is 49.1 Å². The first-order chi connectivity index (χ1) is 11.5. The van der Waals surface area contributed by atoms with Gasteiger partial charge in [-0.15, -0.1) is 11.8 Å². The highest BCUT2D eigenvalue weighted by Crippen LogP contribution is 2.33. The molecule has 6 heteroatoms. The maximum atomic E-state index is 12.8. The number of imide groups is 1. The summed E-state index contributed by atoms with van der Waals surface area (Å²) in [6, 6.07) is 8.14. The molecular weight excluding hydrogens is 322 g/mol. The number of carbonyl (C=O) groups is 2. The zero-order valence-corrected chi connectivity index (χ0v) is 15.2. The van der Waals surface area contributed by atoms with E-state index in [1.54, 1.807) is 11.8 Å². The molecule has 1 aliphatic carbocycles. The molecule has 0 atom stereocenters. The van der Waals surface area contributed by atoms with Gasteiger partial charge in [0.25, 0.3) is 5.91 Å². The standard InChI is InChI=1S/C18H25N3O2S/c1-20(12-14-6-8-15(24-2)9-7-14)13-21-16(22)18(19-17(21)23)10-4-3-5-11-18/h6-9H,3-5,10-13H2,1-2H3,(H,19,23). The summed E-state index contributed by atoms with van der Waals surface area (Å²) < 4.78 is 0. The molecule has 0 aromatic heterocycles. The van der Waals surface area contributed by atoms with Crippen molar-refractivity contribution in [2.24, 2.45) is 0 Å². The van der Waals surface area contributed by atoms with Crippen LogP contribution in [0.2, 0.25) is 0 Å². The molecule has 5 nitrogen and oxygen atoms in total. The first-order valence-electron chi connectivity index (χ1n) is 8.50. The lowest BCUT2D eigenvalue weighted by Crippen LogP contribution is -2.48. The Morgan fingerprint density at radius 3 is 2.46 bits per heavy atom.